The van der Waals surface area contributed by atoms with Crippen LogP contribution < -0.4 is 0 Å². The molecule has 0 aromatic carbocycles. The molecule has 2 saturated heterocycles. The zero-order valence-corrected chi connectivity index (χ0v) is 12.9. The molecule has 1 spiro atoms. The molecule has 2 aliphatic rings. The summed E-state index contributed by atoms with van der Waals surface area (Å²) in [5.41, 5.74) is 0.683. The van der Waals surface area contributed by atoms with E-state index in [1.807, 2.05) is 0 Å². The Hall–Kier alpha value is -0.0800. The molecule has 0 bridgehead atoms. The summed E-state index contributed by atoms with van der Waals surface area (Å²) in [7, 11) is 0. The smallest absolute Gasteiger partial charge is 0.00395 e. The average Bonchev–Trinajstić information content (AvgIpc) is 2.64. The second-order valence-corrected chi connectivity index (χ2v) is 7.57. The molecule has 0 radical (unpaired) electrons. The summed E-state index contributed by atoms with van der Waals surface area (Å²) in [6.45, 7) is 17.4. The highest BCUT2D eigenvalue weighted by atomic mass is 15.2. The van der Waals surface area contributed by atoms with E-state index < -0.39 is 0 Å². The van der Waals surface area contributed by atoms with E-state index in [0.717, 1.165) is 11.8 Å². The third-order valence-corrected chi connectivity index (χ3v) is 4.68. The zero-order chi connectivity index (χ0) is 13.2. The van der Waals surface area contributed by atoms with Crippen LogP contribution in [0.15, 0.2) is 0 Å². The third kappa shape index (κ3) is 3.71. The van der Waals surface area contributed by atoms with Crippen LogP contribution in [0.2, 0.25) is 0 Å². The first kappa shape index (κ1) is 14.3. The van der Waals surface area contributed by atoms with Gasteiger partial charge >= 0.3 is 0 Å². The Morgan fingerprint density at radius 2 is 1.22 bits per heavy atom. The fourth-order valence-corrected chi connectivity index (χ4v) is 3.83. The minimum absolute atomic E-state index is 0.683. The summed E-state index contributed by atoms with van der Waals surface area (Å²) in [5.74, 6) is 1.64. The zero-order valence-electron chi connectivity index (χ0n) is 12.9. The van der Waals surface area contributed by atoms with Gasteiger partial charge in [-0.2, -0.15) is 0 Å². The summed E-state index contributed by atoms with van der Waals surface area (Å²) in [6.07, 6.45) is 4.33. The number of nitrogens with zero attached hydrogens (tertiary/aromatic N) is 2. The predicted octanol–water partition coefficient (Wildman–Crippen LogP) is 3.09. The van der Waals surface area contributed by atoms with Gasteiger partial charge in [0.05, 0.1) is 0 Å². The van der Waals surface area contributed by atoms with Gasteiger partial charge in [-0.1, -0.05) is 27.7 Å². The molecule has 0 N–H and O–H groups in total. The van der Waals surface area contributed by atoms with Crippen molar-refractivity contribution in [2.75, 3.05) is 39.3 Å². The Labute approximate surface area is 114 Å². The number of piperidine rings is 1. The maximum Gasteiger partial charge on any atom is 0.00395 e. The molecule has 2 rings (SSSR count). The minimum atomic E-state index is 0.683. The molecule has 0 atom stereocenters. The number of rotatable bonds is 4. The van der Waals surface area contributed by atoms with Crippen LogP contribution in [-0.2, 0) is 0 Å². The van der Waals surface area contributed by atoms with Crippen LogP contribution in [0.5, 0.6) is 0 Å². The highest BCUT2D eigenvalue weighted by molar-refractivity contribution is 4.94. The van der Waals surface area contributed by atoms with E-state index in [4.69, 9.17) is 0 Å². The first-order valence-corrected chi connectivity index (χ1v) is 7.94. The molecule has 0 aromatic heterocycles. The maximum absolute atomic E-state index is 2.71. The van der Waals surface area contributed by atoms with Gasteiger partial charge < -0.3 is 9.80 Å². The monoisotopic (exact) mass is 252 g/mol. The van der Waals surface area contributed by atoms with E-state index >= 15 is 0 Å². The van der Waals surface area contributed by atoms with Crippen molar-refractivity contribution in [1.29, 1.82) is 0 Å². The van der Waals surface area contributed by atoms with E-state index in [1.54, 1.807) is 0 Å². The molecule has 0 aliphatic carbocycles. The van der Waals surface area contributed by atoms with Crippen LogP contribution >= 0.6 is 0 Å². The van der Waals surface area contributed by atoms with Gasteiger partial charge in [0.1, 0.15) is 0 Å². The van der Waals surface area contributed by atoms with Gasteiger partial charge in [0.15, 0.2) is 0 Å². The van der Waals surface area contributed by atoms with Crippen molar-refractivity contribution in [3.8, 4) is 0 Å². The second-order valence-electron chi connectivity index (χ2n) is 7.57. The van der Waals surface area contributed by atoms with E-state index in [2.05, 4.69) is 37.5 Å². The molecule has 0 unspecified atom stereocenters. The topological polar surface area (TPSA) is 6.48 Å². The van der Waals surface area contributed by atoms with Crippen LogP contribution in [0, 0.1) is 17.3 Å². The summed E-state index contributed by atoms with van der Waals surface area (Å²) >= 11 is 0. The van der Waals surface area contributed by atoms with Gasteiger partial charge in [0.25, 0.3) is 0 Å². The van der Waals surface area contributed by atoms with Crippen LogP contribution in [-0.4, -0.2) is 49.1 Å². The number of hydrogen-bond acceptors (Lipinski definition) is 2. The molecule has 2 heterocycles. The molecule has 2 fully saturated rings. The van der Waals surface area contributed by atoms with Crippen molar-refractivity contribution in [2.24, 2.45) is 17.3 Å². The molecule has 2 aliphatic heterocycles. The van der Waals surface area contributed by atoms with E-state index in [0.29, 0.717) is 5.41 Å². The largest absolute Gasteiger partial charge is 0.303 e. The molecule has 2 heteroatoms. The summed E-state index contributed by atoms with van der Waals surface area (Å²) < 4.78 is 0. The quantitative estimate of drug-likeness (QED) is 0.758. The van der Waals surface area contributed by atoms with Gasteiger partial charge in [0.2, 0.25) is 0 Å². The molecular weight excluding hydrogens is 220 g/mol. The standard InChI is InChI=1S/C16H32N2/c1-14(2)11-17-8-5-16(6-9-17)7-10-18(13-16)12-15(3)4/h14-15H,5-13H2,1-4H3. The highest BCUT2D eigenvalue weighted by Gasteiger charge is 2.40. The number of hydrogen-bond donors (Lipinski definition) is 0. The van der Waals surface area contributed by atoms with Crippen molar-refractivity contribution in [2.45, 2.75) is 47.0 Å². The van der Waals surface area contributed by atoms with Crippen molar-refractivity contribution in [1.82, 2.24) is 9.80 Å². The average molecular weight is 252 g/mol. The molecule has 0 aromatic rings. The van der Waals surface area contributed by atoms with Gasteiger partial charge in [0, 0.05) is 19.6 Å². The van der Waals surface area contributed by atoms with Gasteiger partial charge in [-0.15, -0.1) is 0 Å². The predicted molar refractivity (Wildman–Crippen MR) is 78.8 cm³/mol. The minimum Gasteiger partial charge on any atom is -0.303 e. The Morgan fingerprint density at radius 1 is 0.778 bits per heavy atom. The van der Waals surface area contributed by atoms with Gasteiger partial charge in [-0.05, 0) is 56.1 Å². The van der Waals surface area contributed by atoms with E-state index in [1.165, 1.54) is 58.5 Å². The summed E-state index contributed by atoms with van der Waals surface area (Å²) in [5, 5.41) is 0. The van der Waals surface area contributed by atoms with Crippen molar-refractivity contribution in [3.05, 3.63) is 0 Å². The third-order valence-electron chi connectivity index (χ3n) is 4.68. The van der Waals surface area contributed by atoms with Crippen LogP contribution in [0.4, 0.5) is 0 Å². The lowest BCUT2D eigenvalue weighted by Crippen LogP contribution is -2.43. The molecule has 106 valence electrons. The fourth-order valence-electron chi connectivity index (χ4n) is 3.83. The Bertz CT molecular complexity index is 252. The van der Waals surface area contributed by atoms with Crippen LogP contribution in [0.3, 0.4) is 0 Å². The van der Waals surface area contributed by atoms with Gasteiger partial charge in [-0.3, -0.25) is 0 Å². The maximum atomic E-state index is 2.71. The Morgan fingerprint density at radius 3 is 1.72 bits per heavy atom. The fraction of sp³-hybridized carbons (Fsp3) is 1.00. The molecular formula is C16H32N2. The molecule has 2 nitrogen and oxygen atoms in total. The highest BCUT2D eigenvalue weighted by Crippen LogP contribution is 2.40. The summed E-state index contributed by atoms with van der Waals surface area (Å²) in [4.78, 5) is 5.39. The van der Waals surface area contributed by atoms with Crippen molar-refractivity contribution in [3.63, 3.8) is 0 Å². The van der Waals surface area contributed by atoms with Crippen LogP contribution in [0.1, 0.15) is 47.0 Å². The van der Waals surface area contributed by atoms with Crippen molar-refractivity contribution < 1.29 is 0 Å². The number of likely N-dealkylation sites (tertiary alicyclic amines) is 2. The lowest BCUT2D eigenvalue weighted by molar-refractivity contribution is 0.0978. The molecule has 0 saturated carbocycles. The first-order chi connectivity index (χ1) is 8.49. The Balaban J connectivity index is 1.79. The Kier molecular flexibility index (Phi) is 4.71. The normalized spacial score (nSPS) is 25.7. The SMILES string of the molecule is CC(C)CN1CCC2(CC1)CCN(CC(C)C)C2. The summed E-state index contributed by atoms with van der Waals surface area (Å²) in [6, 6.07) is 0. The lowest BCUT2D eigenvalue weighted by Gasteiger charge is -2.40. The molecule has 18 heavy (non-hydrogen) atoms. The first-order valence-electron chi connectivity index (χ1n) is 7.94. The lowest BCUT2D eigenvalue weighted by atomic mass is 9.77. The molecule has 0 amide bonds. The van der Waals surface area contributed by atoms with Crippen LogP contribution in [0.25, 0.3) is 0 Å². The van der Waals surface area contributed by atoms with E-state index in [9.17, 15) is 0 Å². The second kappa shape index (κ2) is 5.92. The van der Waals surface area contributed by atoms with Crippen molar-refractivity contribution >= 4 is 0 Å². The van der Waals surface area contributed by atoms with E-state index in [-0.39, 0.29) is 0 Å². The van der Waals surface area contributed by atoms with Gasteiger partial charge in [-0.25, -0.2) is 0 Å².